The molecule has 2 aromatic carbocycles. The van der Waals surface area contributed by atoms with E-state index < -0.39 is 10.8 Å². The molecule has 10 heteroatoms. The number of hydrogen-bond donors (Lipinski definition) is 2. The molecule has 0 fully saturated rings. The highest BCUT2D eigenvalue weighted by Gasteiger charge is 2.19. The summed E-state index contributed by atoms with van der Waals surface area (Å²) in [5.74, 6) is -0.588. The van der Waals surface area contributed by atoms with Crippen molar-refractivity contribution in [3.8, 4) is 0 Å². The lowest BCUT2D eigenvalue weighted by Gasteiger charge is -2.12. The maximum absolute atomic E-state index is 12.3. The maximum atomic E-state index is 12.3. The zero-order chi connectivity index (χ0) is 18.7. The fourth-order valence-electron chi connectivity index (χ4n) is 2.01. The minimum Gasteiger partial charge on any atom is -0.331 e. The van der Waals surface area contributed by atoms with Gasteiger partial charge in [0.2, 0.25) is 0 Å². The number of anilines is 1. The van der Waals surface area contributed by atoms with Crippen LogP contribution in [-0.2, 0) is 0 Å². The van der Waals surface area contributed by atoms with Crippen molar-refractivity contribution < 1.29 is 9.72 Å². The minimum absolute atomic E-state index is 0.0452. The van der Waals surface area contributed by atoms with Gasteiger partial charge in [0.15, 0.2) is 5.11 Å². The molecule has 130 valence electrons. The second-order valence-corrected chi connectivity index (χ2v) is 6.49. The molecule has 2 rings (SSSR count). The Balaban J connectivity index is 2.16. The van der Waals surface area contributed by atoms with Crippen molar-refractivity contribution in [2.45, 2.75) is 6.92 Å². The number of nitro groups is 1. The number of thiocarbonyl (C=S) groups is 1. The molecule has 2 aromatic rings. The number of halogens is 3. The van der Waals surface area contributed by atoms with E-state index in [0.717, 1.165) is 0 Å². The lowest BCUT2D eigenvalue weighted by Crippen LogP contribution is -2.34. The van der Waals surface area contributed by atoms with E-state index in [9.17, 15) is 14.9 Å². The number of benzene rings is 2. The highest BCUT2D eigenvalue weighted by atomic mass is 35.5. The van der Waals surface area contributed by atoms with Crippen LogP contribution in [0.15, 0.2) is 30.3 Å². The van der Waals surface area contributed by atoms with Crippen LogP contribution in [0, 0.1) is 17.0 Å². The number of nitrogens with one attached hydrogen (secondary N) is 2. The molecule has 6 nitrogen and oxygen atoms in total. The normalized spacial score (nSPS) is 10.2. The van der Waals surface area contributed by atoms with Crippen molar-refractivity contribution in [1.29, 1.82) is 0 Å². The Kier molecular flexibility index (Phi) is 6.18. The smallest absolute Gasteiger partial charge is 0.273 e. The van der Waals surface area contributed by atoms with Gasteiger partial charge >= 0.3 is 0 Å². The van der Waals surface area contributed by atoms with Gasteiger partial charge in [0.1, 0.15) is 0 Å². The lowest BCUT2D eigenvalue weighted by atomic mass is 10.1. The maximum Gasteiger partial charge on any atom is 0.273 e. The quantitative estimate of drug-likeness (QED) is 0.317. The van der Waals surface area contributed by atoms with Gasteiger partial charge in [0.05, 0.1) is 25.7 Å². The Bertz CT molecular complexity index is 890. The molecule has 0 heterocycles. The fourth-order valence-corrected chi connectivity index (χ4v) is 2.81. The van der Waals surface area contributed by atoms with E-state index in [1.807, 2.05) is 0 Å². The molecule has 0 saturated heterocycles. The predicted octanol–water partition coefficient (Wildman–Crippen LogP) is 4.99. The standard InChI is InChI=1S/C15H10Cl3N3O3S/c1-7-8(3-2-4-13(7)21(23)24)14(22)20-15(25)19-12-6-10(17)9(16)5-11(12)18/h2-6H,1H3,(H2,19,20,22,25). The van der Waals surface area contributed by atoms with Gasteiger partial charge in [0, 0.05) is 17.2 Å². The van der Waals surface area contributed by atoms with Crippen LogP contribution in [0.25, 0.3) is 0 Å². The molecule has 0 aliphatic rings. The van der Waals surface area contributed by atoms with Gasteiger partial charge in [-0.05, 0) is 37.3 Å². The first kappa shape index (κ1) is 19.4. The van der Waals surface area contributed by atoms with Gasteiger partial charge in [-0.25, -0.2) is 0 Å². The van der Waals surface area contributed by atoms with E-state index in [1.54, 1.807) is 0 Å². The second kappa shape index (κ2) is 7.97. The summed E-state index contributed by atoms with van der Waals surface area (Å²) in [7, 11) is 0. The number of rotatable bonds is 3. The van der Waals surface area contributed by atoms with Crippen LogP contribution in [0.3, 0.4) is 0 Å². The second-order valence-electron chi connectivity index (χ2n) is 4.86. The fraction of sp³-hybridized carbons (Fsp3) is 0.0667. The van der Waals surface area contributed by atoms with Gasteiger partial charge in [0.25, 0.3) is 11.6 Å². The zero-order valence-corrected chi connectivity index (χ0v) is 15.7. The van der Waals surface area contributed by atoms with Crippen molar-refractivity contribution in [2.24, 2.45) is 0 Å². The Morgan fingerprint density at radius 3 is 2.44 bits per heavy atom. The van der Waals surface area contributed by atoms with Crippen molar-refractivity contribution in [3.05, 3.63) is 66.6 Å². The molecule has 0 aliphatic carbocycles. The number of hydrogen-bond acceptors (Lipinski definition) is 4. The SMILES string of the molecule is Cc1c(C(=O)NC(=S)Nc2cc(Cl)c(Cl)cc2Cl)cccc1[N+](=O)[O-]. The van der Waals surface area contributed by atoms with Crippen molar-refractivity contribution in [1.82, 2.24) is 5.32 Å². The largest absolute Gasteiger partial charge is 0.331 e. The Morgan fingerprint density at radius 1 is 1.16 bits per heavy atom. The van der Waals surface area contributed by atoms with Gasteiger partial charge in [-0.3, -0.25) is 20.2 Å². The average molecular weight is 419 g/mol. The van der Waals surface area contributed by atoms with E-state index in [0.29, 0.717) is 5.69 Å². The van der Waals surface area contributed by atoms with E-state index in [-0.39, 0.29) is 37.0 Å². The molecule has 2 N–H and O–H groups in total. The number of carbonyl (C=O) groups excluding carboxylic acids is 1. The highest BCUT2D eigenvalue weighted by Crippen LogP contribution is 2.32. The third kappa shape index (κ3) is 4.58. The van der Waals surface area contributed by atoms with Crippen LogP contribution < -0.4 is 10.6 Å². The van der Waals surface area contributed by atoms with E-state index >= 15 is 0 Å². The van der Waals surface area contributed by atoms with Crippen molar-refractivity contribution in [3.63, 3.8) is 0 Å². The third-order valence-electron chi connectivity index (χ3n) is 3.23. The van der Waals surface area contributed by atoms with Crippen molar-refractivity contribution >= 4 is 69.4 Å². The van der Waals surface area contributed by atoms with Gasteiger partial charge in [-0.15, -0.1) is 0 Å². The van der Waals surface area contributed by atoms with Crippen LogP contribution >= 0.6 is 47.0 Å². The molecule has 0 aromatic heterocycles. The molecule has 25 heavy (non-hydrogen) atoms. The molecule has 1 amide bonds. The molecule has 0 bridgehead atoms. The Labute approximate surface area is 163 Å². The molecule has 0 unspecified atom stereocenters. The molecule has 0 atom stereocenters. The first-order valence-corrected chi connectivity index (χ1v) is 8.25. The molecule has 0 spiro atoms. The molecular formula is C15H10Cl3N3O3S. The van der Waals surface area contributed by atoms with Crippen LogP contribution in [0.4, 0.5) is 11.4 Å². The summed E-state index contributed by atoms with van der Waals surface area (Å²) in [5.41, 5.74) is 0.579. The van der Waals surface area contributed by atoms with Crippen LogP contribution in [0.5, 0.6) is 0 Å². The van der Waals surface area contributed by atoms with Crippen LogP contribution in [0.2, 0.25) is 15.1 Å². The van der Waals surface area contributed by atoms with Crippen molar-refractivity contribution in [2.75, 3.05) is 5.32 Å². The summed E-state index contributed by atoms with van der Waals surface area (Å²) >= 11 is 22.8. The first-order valence-electron chi connectivity index (χ1n) is 6.71. The Hall–Kier alpha value is -1.93. The van der Waals surface area contributed by atoms with Gasteiger partial charge in [-0.1, -0.05) is 40.9 Å². The lowest BCUT2D eigenvalue weighted by molar-refractivity contribution is -0.385. The van der Waals surface area contributed by atoms with Crippen LogP contribution in [0.1, 0.15) is 15.9 Å². The van der Waals surface area contributed by atoms with Gasteiger partial charge < -0.3 is 5.32 Å². The van der Waals surface area contributed by atoms with Gasteiger partial charge in [-0.2, -0.15) is 0 Å². The summed E-state index contributed by atoms with van der Waals surface area (Å²) in [6.07, 6.45) is 0. The summed E-state index contributed by atoms with van der Waals surface area (Å²) in [4.78, 5) is 22.7. The third-order valence-corrected chi connectivity index (χ3v) is 4.47. The predicted molar refractivity (Wildman–Crippen MR) is 103 cm³/mol. The average Bonchev–Trinajstić information content (AvgIpc) is 2.52. The summed E-state index contributed by atoms with van der Waals surface area (Å²) in [6, 6.07) is 7.10. The van der Waals surface area contributed by atoms with E-state index in [1.165, 1.54) is 37.3 Å². The molecule has 0 saturated carbocycles. The topological polar surface area (TPSA) is 84.3 Å². The molecular weight excluding hydrogens is 409 g/mol. The zero-order valence-electron chi connectivity index (χ0n) is 12.6. The van der Waals surface area contributed by atoms with Crippen LogP contribution in [-0.4, -0.2) is 15.9 Å². The monoisotopic (exact) mass is 417 g/mol. The highest BCUT2D eigenvalue weighted by molar-refractivity contribution is 7.80. The number of nitrogens with zero attached hydrogens (tertiary/aromatic N) is 1. The van der Waals surface area contributed by atoms with E-state index in [2.05, 4.69) is 10.6 Å². The number of nitro benzene ring substituents is 1. The minimum atomic E-state index is -0.588. The molecule has 0 aliphatic heterocycles. The summed E-state index contributed by atoms with van der Waals surface area (Å²) in [5, 5.41) is 16.9. The summed E-state index contributed by atoms with van der Waals surface area (Å²) in [6.45, 7) is 1.49. The number of carbonyl (C=O) groups is 1. The van der Waals surface area contributed by atoms with E-state index in [4.69, 9.17) is 47.0 Å². The number of amides is 1. The Morgan fingerprint density at radius 2 is 1.80 bits per heavy atom. The summed E-state index contributed by atoms with van der Waals surface area (Å²) < 4.78 is 0. The molecule has 0 radical (unpaired) electrons. The first-order chi connectivity index (χ1) is 11.7.